The first-order chi connectivity index (χ1) is 11.2. The number of carbonyl (C=O) groups excluding carboxylic acids is 1. The summed E-state index contributed by atoms with van der Waals surface area (Å²) >= 11 is 0. The maximum absolute atomic E-state index is 12.6. The standard InChI is InChI=1S/C18H24N4O/c1-12-7-8-16-13(9-12)10-19-17-15(11-20-22(16)17)18(23)21-14-5-3-2-4-6-14/h10-12,14H,2-9H2,1H3,(H,21,23). The molecule has 23 heavy (non-hydrogen) atoms. The Morgan fingerprint density at radius 3 is 2.87 bits per heavy atom. The lowest BCUT2D eigenvalue weighted by atomic mass is 9.89. The summed E-state index contributed by atoms with van der Waals surface area (Å²) in [5, 5.41) is 7.63. The minimum absolute atomic E-state index is 0.0245. The number of hydrogen-bond donors (Lipinski definition) is 1. The van der Waals surface area contributed by atoms with E-state index in [1.165, 1.54) is 36.9 Å². The molecule has 0 aliphatic heterocycles. The second kappa shape index (κ2) is 5.95. The molecular weight excluding hydrogens is 288 g/mol. The molecule has 1 atom stereocenters. The van der Waals surface area contributed by atoms with Crippen LogP contribution in [0.1, 0.15) is 67.1 Å². The molecule has 4 rings (SSSR count). The van der Waals surface area contributed by atoms with E-state index in [-0.39, 0.29) is 5.91 Å². The SMILES string of the molecule is CC1CCc2c(cnc3c(C(=O)NC4CCCCC4)cnn23)C1. The Kier molecular flexibility index (Phi) is 3.79. The van der Waals surface area contributed by atoms with Gasteiger partial charge in [0.25, 0.3) is 5.91 Å². The molecule has 2 aromatic heterocycles. The highest BCUT2D eigenvalue weighted by Gasteiger charge is 2.23. The Balaban J connectivity index is 1.62. The summed E-state index contributed by atoms with van der Waals surface area (Å²) in [6, 6.07) is 0.310. The Hall–Kier alpha value is -1.91. The number of aryl methyl sites for hydroxylation is 1. The van der Waals surface area contributed by atoms with E-state index in [0.717, 1.165) is 25.7 Å². The first-order valence-corrected chi connectivity index (χ1v) is 8.87. The van der Waals surface area contributed by atoms with Crippen LogP contribution in [0.15, 0.2) is 12.4 Å². The van der Waals surface area contributed by atoms with Crippen LogP contribution >= 0.6 is 0 Å². The van der Waals surface area contributed by atoms with Crippen LogP contribution in [-0.4, -0.2) is 26.5 Å². The molecule has 0 radical (unpaired) electrons. The lowest BCUT2D eigenvalue weighted by Gasteiger charge is -2.23. The molecule has 1 N–H and O–H groups in total. The van der Waals surface area contributed by atoms with Crippen LogP contribution in [-0.2, 0) is 12.8 Å². The topological polar surface area (TPSA) is 59.3 Å². The van der Waals surface area contributed by atoms with Crippen molar-refractivity contribution >= 4 is 11.6 Å². The van der Waals surface area contributed by atoms with Crippen molar-refractivity contribution in [3.05, 3.63) is 29.2 Å². The van der Waals surface area contributed by atoms with E-state index in [2.05, 4.69) is 22.3 Å². The lowest BCUT2D eigenvalue weighted by Crippen LogP contribution is -2.36. The third-order valence-electron chi connectivity index (χ3n) is 5.34. The van der Waals surface area contributed by atoms with Gasteiger partial charge in [-0.15, -0.1) is 0 Å². The number of hydrogen-bond acceptors (Lipinski definition) is 3. The van der Waals surface area contributed by atoms with Gasteiger partial charge in [0.05, 0.1) is 6.20 Å². The Morgan fingerprint density at radius 1 is 1.22 bits per heavy atom. The third kappa shape index (κ3) is 2.73. The smallest absolute Gasteiger partial charge is 0.256 e. The lowest BCUT2D eigenvalue weighted by molar-refractivity contribution is 0.0929. The van der Waals surface area contributed by atoms with Crippen LogP contribution in [0, 0.1) is 5.92 Å². The molecule has 2 aliphatic rings. The summed E-state index contributed by atoms with van der Waals surface area (Å²) in [5.41, 5.74) is 3.81. The summed E-state index contributed by atoms with van der Waals surface area (Å²) < 4.78 is 1.89. The average Bonchev–Trinajstić information content (AvgIpc) is 3.00. The first-order valence-electron chi connectivity index (χ1n) is 8.87. The zero-order valence-corrected chi connectivity index (χ0v) is 13.7. The largest absolute Gasteiger partial charge is 0.349 e. The number of carbonyl (C=O) groups is 1. The molecule has 1 unspecified atom stereocenters. The van der Waals surface area contributed by atoms with E-state index in [4.69, 9.17) is 0 Å². The van der Waals surface area contributed by atoms with Crippen molar-refractivity contribution in [2.24, 2.45) is 5.92 Å². The normalized spacial score (nSPS) is 22.0. The van der Waals surface area contributed by atoms with Crippen molar-refractivity contribution in [2.45, 2.75) is 64.3 Å². The van der Waals surface area contributed by atoms with Gasteiger partial charge in [0.1, 0.15) is 5.56 Å². The summed E-state index contributed by atoms with van der Waals surface area (Å²) in [4.78, 5) is 17.1. The molecule has 5 heteroatoms. The predicted octanol–water partition coefficient (Wildman–Crippen LogP) is 2.92. The average molecular weight is 312 g/mol. The molecule has 2 aliphatic carbocycles. The Morgan fingerprint density at radius 2 is 2.04 bits per heavy atom. The minimum atomic E-state index is -0.0245. The van der Waals surface area contributed by atoms with Crippen LogP contribution in [0.25, 0.3) is 5.65 Å². The molecule has 2 heterocycles. The maximum atomic E-state index is 12.6. The number of nitrogens with zero attached hydrogens (tertiary/aromatic N) is 3. The van der Waals surface area contributed by atoms with Crippen molar-refractivity contribution in [1.82, 2.24) is 19.9 Å². The van der Waals surface area contributed by atoms with Crippen LogP contribution < -0.4 is 5.32 Å². The highest BCUT2D eigenvalue weighted by Crippen LogP contribution is 2.26. The second-order valence-corrected chi connectivity index (χ2v) is 7.18. The fourth-order valence-electron chi connectivity index (χ4n) is 3.98. The van der Waals surface area contributed by atoms with Crippen LogP contribution in [0.4, 0.5) is 0 Å². The highest BCUT2D eigenvalue weighted by molar-refractivity contribution is 5.99. The molecule has 5 nitrogen and oxygen atoms in total. The van der Waals surface area contributed by atoms with Gasteiger partial charge in [0, 0.05) is 17.9 Å². The molecule has 2 aromatic rings. The van der Waals surface area contributed by atoms with Gasteiger partial charge in [-0.3, -0.25) is 4.79 Å². The van der Waals surface area contributed by atoms with E-state index in [1.807, 2.05) is 10.7 Å². The number of rotatable bonds is 2. The number of nitrogens with one attached hydrogen (secondary N) is 1. The molecule has 1 saturated carbocycles. The molecule has 1 fully saturated rings. The molecule has 0 saturated heterocycles. The van der Waals surface area contributed by atoms with Gasteiger partial charge < -0.3 is 5.32 Å². The highest BCUT2D eigenvalue weighted by atomic mass is 16.1. The quantitative estimate of drug-likeness (QED) is 0.927. The Labute approximate surface area is 136 Å². The molecule has 122 valence electrons. The summed E-state index contributed by atoms with van der Waals surface area (Å²) in [7, 11) is 0. The zero-order chi connectivity index (χ0) is 15.8. The fourth-order valence-corrected chi connectivity index (χ4v) is 3.98. The van der Waals surface area contributed by atoms with E-state index in [0.29, 0.717) is 23.2 Å². The van der Waals surface area contributed by atoms with E-state index in [9.17, 15) is 4.79 Å². The van der Waals surface area contributed by atoms with Gasteiger partial charge in [-0.25, -0.2) is 9.50 Å². The van der Waals surface area contributed by atoms with Crippen molar-refractivity contribution in [2.75, 3.05) is 0 Å². The summed E-state index contributed by atoms with van der Waals surface area (Å²) in [6.45, 7) is 2.28. The zero-order valence-electron chi connectivity index (χ0n) is 13.7. The summed E-state index contributed by atoms with van der Waals surface area (Å²) in [6.07, 6.45) is 12.8. The van der Waals surface area contributed by atoms with E-state index < -0.39 is 0 Å². The molecule has 0 spiro atoms. The van der Waals surface area contributed by atoms with Gasteiger partial charge in [-0.1, -0.05) is 26.2 Å². The second-order valence-electron chi connectivity index (χ2n) is 7.18. The van der Waals surface area contributed by atoms with Crippen molar-refractivity contribution in [1.29, 1.82) is 0 Å². The van der Waals surface area contributed by atoms with Crippen LogP contribution in [0.2, 0.25) is 0 Å². The van der Waals surface area contributed by atoms with Crippen molar-refractivity contribution in [3.8, 4) is 0 Å². The van der Waals surface area contributed by atoms with Crippen LogP contribution in [0.5, 0.6) is 0 Å². The van der Waals surface area contributed by atoms with Crippen LogP contribution in [0.3, 0.4) is 0 Å². The third-order valence-corrected chi connectivity index (χ3v) is 5.34. The minimum Gasteiger partial charge on any atom is -0.349 e. The number of fused-ring (bicyclic) bond motifs is 3. The molecular formula is C18H24N4O. The van der Waals surface area contributed by atoms with Gasteiger partial charge in [-0.2, -0.15) is 5.10 Å². The van der Waals surface area contributed by atoms with Crippen molar-refractivity contribution < 1.29 is 4.79 Å². The first kappa shape index (κ1) is 14.7. The number of amides is 1. The van der Waals surface area contributed by atoms with Gasteiger partial charge in [0.2, 0.25) is 0 Å². The van der Waals surface area contributed by atoms with E-state index in [1.54, 1.807) is 6.20 Å². The fraction of sp³-hybridized carbons (Fsp3) is 0.611. The molecule has 1 amide bonds. The van der Waals surface area contributed by atoms with Crippen molar-refractivity contribution in [3.63, 3.8) is 0 Å². The Bertz CT molecular complexity index is 730. The van der Waals surface area contributed by atoms with Gasteiger partial charge >= 0.3 is 0 Å². The monoisotopic (exact) mass is 312 g/mol. The van der Waals surface area contributed by atoms with Gasteiger partial charge in [0.15, 0.2) is 5.65 Å². The van der Waals surface area contributed by atoms with E-state index >= 15 is 0 Å². The maximum Gasteiger partial charge on any atom is 0.256 e. The molecule has 0 aromatic carbocycles. The summed E-state index contributed by atoms with van der Waals surface area (Å²) in [5.74, 6) is 0.676. The van der Waals surface area contributed by atoms with Gasteiger partial charge in [-0.05, 0) is 43.6 Å². The molecule has 0 bridgehead atoms. The number of aromatic nitrogens is 3. The predicted molar refractivity (Wildman–Crippen MR) is 88.5 cm³/mol.